The van der Waals surface area contributed by atoms with Crippen LogP contribution in [0.25, 0.3) is 0 Å². The largest absolute Gasteiger partial charge is 0.385 e. The van der Waals surface area contributed by atoms with Crippen molar-refractivity contribution in [1.29, 1.82) is 0 Å². The van der Waals surface area contributed by atoms with Crippen molar-refractivity contribution in [3.63, 3.8) is 0 Å². The van der Waals surface area contributed by atoms with E-state index in [2.05, 4.69) is 0 Å². The molecule has 0 unspecified atom stereocenters. The van der Waals surface area contributed by atoms with Crippen LogP contribution in [-0.2, 0) is 4.74 Å². The molecule has 0 saturated carbocycles. The van der Waals surface area contributed by atoms with Crippen LogP contribution < -0.4 is 0 Å². The third kappa shape index (κ3) is 3.44. The zero-order valence-electron chi connectivity index (χ0n) is 9.05. The molecule has 0 aliphatic heterocycles. The average Bonchev–Trinajstić information content (AvgIpc) is 2.17. The predicted molar refractivity (Wildman–Crippen MR) is 56.6 cm³/mol. The number of halogens is 1. The SMILES string of the molecule is COCCCC(=O)c1ccc(F)cc1C. The van der Waals surface area contributed by atoms with Gasteiger partial charge in [0.15, 0.2) is 5.78 Å². The van der Waals surface area contributed by atoms with Crippen molar-refractivity contribution in [1.82, 2.24) is 0 Å². The molecule has 0 N–H and O–H groups in total. The van der Waals surface area contributed by atoms with Gasteiger partial charge in [-0.3, -0.25) is 4.79 Å². The summed E-state index contributed by atoms with van der Waals surface area (Å²) in [5, 5.41) is 0. The van der Waals surface area contributed by atoms with Crippen LogP contribution in [0.2, 0.25) is 0 Å². The predicted octanol–water partition coefficient (Wildman–Crippen LogP) is 2.74. The van der Waals surface area contributed by atoms with E-state index < -0.39 is 0 Å². The number of aryl methyl sites for hydroxylation is 1. The summed E-state index contributed by atoms with van der Waals surface area (Å²) in [6.07, 6.45) is 1.15. The lowest BCUT2D eigenvalue weighted by atomic mass is 10.0. The van der Waals surface area contributed by atoms with Gasteiger partial charge in [-0.1, -0.05) is 0 Å². The Morgan fingerprint density at radius 3 is 2.80 bits per heavy atom. The average molecular weight is 210 g/mol. The molecule has 1 rings (SSSR count). The van der Waals surface area contributed by atoms with E-state index >= 15 is 0 Å². The summed E-state index contributed by atoms with van der Waals surface area (Å²) in [5.74, 6) is -0.259. The Balaban J connectivity index is 2.65. The number of Topliss-reactive ketones (excluding diaryl/α,β-unsaturated/α-hetero) is 1. The van der Waals surface area contributed by atoms with Gasteiger partial charge in [0.05, 0.1) is 0 Å². The molecule has 0 aromatic heterocycles. The number of ketones is 1. The monoisotopic (exact) mass is 210 g/mol. The number of hydrogen-bond donors (Lipinski definition) is 0. The molecular weight excluding hydrogens is 195 g/mol. The molecule has 2 nitrogen and oxygen atoms in total. The van der Waals surface area contributed by atoms with E-state index in [9.17, 15) is 9.18 Å². The fourth-order valence-electron chi connectivity index (χ4n) is 1.45. The molecule has 0 aliphatic carbocycles. The first-order chi connectivity index (χ1) is 7.15. The molecule has 0 fully saturated rings. The molecule has 1 aromatic rings. The van der Waals surface area contributed by atoms with Crippen LogP contribution in [0.5, 0.6) is 0 Å². The third-order valence-corrected chi connectivity index (χ3v) is 2.24. The van der Waals surface area contributed by atoms with E-state index in [1.165, 1.54) is 12.1 Å². The Hall–Kier alpha value is -1.22. The number of carbonyl (C=O) groups is 1. The molecule has 0 radical (unpaired) electrons. The first-order valence-electron chi connectivity index (χ1n) is 4.93. The van der Waals surface area contributed by atoms with E-state index in [4.69, 9.17) is 4.74 Å². The number of carbonyl (C=O) groups excluding carboxylic acids is 1. The second kappa shape index (κ2) is 5.61. The minimum absolute atomic E-state index is 0.0459. The first kappa shape index (κ1) is 11.9. The molecule has 0 saturated heterocycles. The van der Waals surface area contributed by atoms with Crippen molar-refractivity contribution in [2.24, 2.45) is 0 Å². The summed E-state index contributed by atoms with van der Waals surface area (Å²) in [6, 6.07) is 4.24. The summed E-state index contributed by atoms with van der Waals surface area (Å²) in [4.78, 5) is 11.7. The van der Waals surface area contributed by atoms with Crippen molar-refractivity contribution in [3.05, 3.63) is 35.1 Å². The number of methoxy groups -OCH3 is 1. The molecule has 0 bridgehead atoms. The van der Waals surface area contributed by atoms with E-state index in [1.54, 1.807) is 20.1 Å². The van der Waals surface area contributed by atoms with Crippen LogP contribution in [0.3, 0.4) is 0 Å². The van der Waals surface area contributed by atoms with Gasteiger partial charge < -0.3 is 4.74 Å². The Morgan fingerprint density at radius 2 is 2.20 bits per heavy atom. The zero-order chi connectivity index (χ0) is 11.3. The molecule has 15 heavy (non-hydrogen) atoms. The fraction of sp³-hybridized carbons (Fsp3) is 0.417. The maximum absolute atomic E-state index is 12.8. The molecule has 82 valence electrons. The first-order valence-corrected chi connectivity index (χ1v) is 4.93. The van der Waals surface area contributed by atoms with Gasteiger partial charge in [0, 0.05) is 25.7 Å². The van der Waals surface area contributed by atoms with Crippen LogP contribution in [-0.4, -0.2) is 19.5 Å². The van der Waals surface area contributed by atoms with Gasteiger partial charge in [0.25, 0.3) is 0 Å². The standard InChI is InChI=1S/C12H15FO2/c1-9-8-10(13)5-6-11(9)12(14)4-3-7-15-2/h5-6,8H,3-4,7H2,1-2H3. The van der Waals surface area contributed by atoms with E-state index in [1.807, 2.05) is 0 Å². The number of ether oxygens (including phenoxy) is 1. The molecule has 0 heterocycles. The van der Waals surface area contributed by atoms with Crippen molar-refractivity contribution >= 4 is 5.78 Å². The topological polar surface area (TPSA) is 26.3 Å². The van der Waals surface area contributed by atoms with Gasteiger partial charge in [-0.05, 0) is 37.1 Å². The molecule has 1 aromatic carbocycles. The Morgan fingerprint density at radius 1 is 1.47 bits per heavy atom. The molecule has 0 atom stereocenters. The Bertz CT molecular complexity index is 347. The summed E-state index contributed by atoms with van der Waals surface area (Å²) in [6.45, 7) is 2.32. The summed E-state index contributed by atoms with van der Waals surface area (Å²) >= 11 is 0. The highest BCUT2D eigenvalue weighted by Crippen LogP contribution is 2.13. The van der Waals surface area contributed by atoms with Gasteiger partial charge in [0.2, 0.25) is 0 Å². The lowest BCUT2D eigenvalue weighted by Gasteiger charge is -2.04. The van der Waals surface area contributed by atoms with Gasteiger partial charge in [-0.2, -0.15) is 0 Å². The maximum atomic E-state index is 12.8. The van der Waals surface area contributed by atoms with E-state index in [-0.39, 0.29) is 11.6 Å². The number of rotatable bonds is 5. The highest BCUT2D eigenvalue weighted by Gasteiger charge is 2.08. The molecule has 0 amide bonds. The molecule has 0 spiro atoms. The number of hydrogen-bond acceptors (Lipinski definition) is 2. The second-order valence-corrected chi connectivity index (χ2v) is 3.48. The summed E-state index contributed by atoms with van der Waals surface area (Å²) < 4.78 is 17.7. The van der Waals surface area contributed by atoms with Gasteiger partial charge in [0.1, 0.15) is 5.82 Å². The number of benzene rings is 1. The highest BCUT2D eigenvalue weighted by atomic mass is 19.1. The second-order valence-electron chi connectivity index (χ2n) is 3.48. The zero-order valence-corrected chi connectivity index (χ0v) is 9.05. The molecule has 0 aliphatic rings. The van der Waals surface area contributed by atoms with Crippen molar-refractivity contribution in [2.75, 3.05) is 13.7 Å². The minimum Gasteiger partial charge on any atom is -0.385 e. The summed E-state index contributed by atoms with van der Waals surface area (Å²) in [5.41, 5.74) is 1.30. The van der Waals surface area contributed by atoms with Gasteiger partial charge >= 0.3 is 0 Å². The van der Waals surface area contributed by atoms with Crippen molar-refractivity contribution < 1.29 is 13.9 Å². The van der Waals surface area contributed by atoms with Crippen LogP contribution in [0, 0.1) is 12.7 Å². The lowest BCUT2D eigenvalue weighted by molar-refractivity contribution is 0.0963. The Labute approximate surface area is 89.1 Å². The van der Waals surface area contributed by atoms with E-state index in [0.717, 1.165) is 0 Å². The molecule has 3 heteroatoms. The smallest absolute Gasteiger partial charge is 0.163 e. The molecular formula is C12H15FO2. The Kier molecular flexibility index (Phi) is 4.43. The normalized spacial score (nSPS) is 10.3. The van der Waals surface area contributed by atoms with Gasteiger partial charge in [-0.25, -0.2) is 4.39 Å². The van der Waals surface area contributed by atoms with E-state index in [0.29, 0.717) is 30.6 Å². The summed E-state index contributed by atoms with van der Waals surface area (Å²) in [7, 11) is 1.60. The lowest BCUT2D eigenvalue weighted by Crippen LogP contribution is -2.03. The minimum atomic E-state index is -0.305. The van der Waals surface area contributed by atoms with Crippen molar-refractivity contribution in [2.45, 2.75) is 19.8 Å². The third-order valence-electron chi connectivity index (χ3n) is 2.24. The van der Waals surface area contributed by atoms with Crippen LogP contribution in [0.1, 0.15) is 28.8 Å². The van der Waals surface area contributed by atoms with Crippen LogP contribution in [0.4, 0.5) is 4.39 Å². The van der Waals surface area contributed by atoms with Crippen LogP contribution >= 0.6 is 0 Å². The highest BCUT2D eigenvalue weighted by molar-refractivity contribution is 5.97. The van der Waals surface area contributed by atoms with Crippen LogP contribution in [0.15, 0.2) is 18.2 Å². The fourth-order valence-corrected chi connectivity index (χ4v) is 1.45. The maximum Gasteiger partial charge on any atom is 0.163 e. The van der Waals surface area contributed by atoms with Gasteiger partial charge in [-0.15, -0.1) is 0 Å². The quantitative estimate of drug-likeness (QED) is 0.551. The van der Waals surface area contributed by atoms with Crippen molar-refractivity contribution in [3.8, 4) is 0 Å².